The molecule has 0 aliphatic carbocycles. The molecule has 0 aromatic carbocycles. The van der Waals surface area contributed by atoms with Gasteiger partial charge in [-0.15, -0.1) is 0 Å². The van der Waals surface area contributed by atoms with E-state index < -0.39 is 0 Å². The Morgan fingerprint density at radius 1 is 1.29 bits per heavy atom. The molecule has 1 aromatic heterocycles. The first-order valence-electron chi connectivity index (χ1n) is 7.95. The zero-order chi connectivity index (χ0) is 15.1. The third-order valence-corrected chi connectivity index (χ3v) is 4.44. The Bertz CT molecular complexity index is 434. The number of anilines is 2. The number of nitrogens with one attached hydrogen (secondary N) is 2. The van der Waals surface area contributed by atoms with Crippen LogP contribution in [-0.2, 0) is 0 Å². The van der Waals surface area contributed by atoms with Gasteiger partial charge in [0.1, 0.15) is 5.82 Å². The zero-order valence-electron chi connectivity index (χ0n) is 13.0. The van der Waals surface area contributed by atoms with Crippen LogP contribution < -0.4 is 10.6 Å². The van der Waals surface area contributed by atoms with E-state index in [-0.39, 0.29) is 0 Å². The van der Waals surface area contributed by atoms with Crippen LogP contribution in [0.15, 0.2) is 10.7 Å². The third-order valence-electron chi connectivity index (χ3n) is 3.86. The van der Waals surface area contributed by atoms with E-state index in [9.17, 15) is 0 Å². The normalized spacial score (nSPS) is 17.5. The Balaban J connectivity index is 1.88. The molecule has 2 N–H and O–H groups in total. The number of hydrogen-bond acceptors (Lipinski definition) is 5. The Labute approximate surface area is 136 Å². The highest BCUT2D eigenvalue weighted by Gasteiger charge is 2.16. The largest absolute Gasteiger partial charge is 0.367 e. The van der Waals surface area contributed by atoms with Gasteiger partial charge in [-0.05, 0) is 55.2 Å². The minimum atomic E-state index is 0.527. The van der Waals surface area contributed by atoms with Gasteiger partial charge in [0.15, 0.2) is 0 Å². The predicted molar refractivity (Wildman–Crippen MR) is 91.9 cm³/mol. The van der Waals surface area contributed by atoms with Crippen LogP contribution in [0.25, 0.3) is 0 Å². The molecule has 0 bridgehead atoms. The number of rotatable bonds is 7. The van der Waals surface area contributed by atoms with Crippen molar-refractivity contribution in [2.45, 2.75) is 45.6 Å². The molecule has 0 amide bonds. The Hall–Kier alpha value is -0.880. The number of aromatic nitrogens is 2. The molecule has 5 nitrogen and oxygen atoms in total. The highest BCUT2D eigenvalue weighted by molar-refractivity contribution is 9.10. The lowest BCUT2D eigenvalue weighted by atomic mass is 10.1. The molecule has 0 radical (unpaired) electrons. The molecule has 1 aliphatic rings. The highest BCUT2D eigenvalue weighted by Crippen LogP contribution is 2.20. The molecule has 1 atom stereocenters. The maximum absolute atomic E-state index is 4.53. The molecule has 0 spiro atoms. The van der Waals surface area contributed by atoms with Crippen LogP contribution in [0.1, 0.15) is 39.5 Å². The summed E-state index contributed by atoms with van der Waals surface area (Å²) in [4.78, 5) is 11.4. The number of halogens is 1. The summed E-state index contributed by atoms with van der Waals surface area (Å²) in [7, 11) is 0. The lowest BCUT2D eigenvalue weighted by Crippen LogP contribution is -2.41. The van der Waals surface area contributed by atoms with Crippen molar-refractivity contribution < 1.29 is 0 Å². The summed E-state index contributed by atoms with van der Waals surface area (Å²) < 4.78 is 0.912. The van der Waals surface area contributed by atoms with Gasteiger partial charge in [0.05, 0.1) is 4.47 Å². The van der Waals surface area contributed by atoms with Crippen LogP contribution in [0.3, 0.4) is 0 Å². The lowest BCUT2D eigenvalue weighted by Gasteiger charge is -2.32. The summed E-state index contributed by atoms with van der Waals surface area (Å²) in [6.45, 7) is 8.65. The maximum Gasteiger partial charge on any atom is 0.224 e. The van der Waals surface area contributed by atoms with Gasteiger partial charge in [-0.1, -0.05) is 13.3 Å². The molecular formula is C15H26BrN5. The minimum absolute atomic E-state index is 0.527. The van der Waals surface area contributed by atoms with Crippen LogP contribution in [0, 0.1) is 0 Å². The molecule has 1 fully saturated rings. The van der Waals surface area contributed by atoms with E-state index in [0.29, 0.717) is 12.0 Å². The van der Waals surface area contributed by atoms with E-state index in [4.69, 9.17) is 0 Å². The summed E-state index contributed by atoms with van der Waals surface area (Å²) in [6.07, 6.45) is 6.90. The van der Waals surface area contributed by atoms with Crippen LogP contribution in [0.2, 0.25) is 0 Å². The van der Waals surface area contributed by atoms with Crippen molar-refractivity contribution in [3.05, 3.63) is 10.7 Å². The van der Waals surface area contributed by atoms with E-state index in [1.165, 1.54) is 32.4 Å². The van der Waals surface area contributed by atoms with Crippen LogP contribution >= 0.6 is 15.9 Å². The second-order valence-corrected chi connectivity index (χ2v) is 6.50. The average Bonchev–Trinajstić information content (AvgIpc) is 2.53. The first-order chi connectivity index (χ1) is 10.2. The van der Waals surface area contributed by atoms with Gasteiger partial charge in [-0.3, -0.25) is 4.90 Å². The maximum atomic E-state index is 4.53. The van der Waals surface area contributed by atoms with E-state index in [1.54, 1.807) is 6.20 Å². The second-order valence-electron chi connectivity index (χ2n) is 5.64. The van der Waals surface area contributed by atoms with E-state index >= 15 is 0 Å². The molecular weight excluding hydrogens is 330 g/mol. The summed E-state index contributed by atoms with van der Waals surface area (Å²) in [5, 5.41) is 6.67. The van der Waals surface area contributed by atoms with Gasteiger partial charge in [-0.2, -0.15) is 4.98 Å². The van der Waals surface area contributed by atoms with E-state index in [0.717, 1.165) is 29.8 Å². The number of likely N-dealkylation sites (tertiary alicyclic amines) is 1. The van der Waals surface area contributed by atoms with Crippen molar-refractivity contribution in [1.29, 1.82) is 0 Å². The Kier molecular flexibility index (Phi) is 6.70. The first kappa shape index (κ1) is 16.5. The van der Waals surface area contributed by atoms with Crippen molar-refractivity contribution in [3.8, 4) is 0 Å². The van der Waals surface area contributed by atoms with Gasteiger partial charge in [0, 0.05) is 25.3 Å². The molecule has 1 unspecified atom stereocenters. The van der Waals surface area contributed by atoms with Crippen molar-refractivity contribution in [2.24, 2.45) is 0 Å². The summed E-state index contributed by atoms with van der Waals surface area (Å²) in [5.74, 6) is 1.56. The fraction of sp³-hybridized carbons (Fsp3) is 0.733. The number of hydrogen-bond donors (Lipinski definition) is 2. The van der Waals surface area contributed by atoms with Crippen molar-refractivity contribution in [3.63, 3.8) is 0 Å². The standard InChI is InChI=1S/C15H26BrN5/c1-3-7-17-15-19-11-13(16)14(20-15)18-10-12(2)21-8-5-4-6-9-21/h11-12H,3-10H2,1-2H3,(H2,17,18,19,20). The topological polar surface area (TPSA) is 53.1 Å². The van der Waals surface area contributed by atoms with Crippen LogP contribution in [0.5, 0.6) is 0 Å². The van der Waals surface area contributed by atoms with Crippen LogP contribution in [0.4, 0.5) is 11.8 Å². The first-order valence-corrected chi connectivity index (χ1v) is 8.74. The molecule has 6 heteroatoms. The van der Waals surface area contributed by atoms with Gasteiger partial charge >= 0.3 is 0 Å². The number of piperidine rings is 1. The minimum Gasteiger partial charge on any atom is -0.367 e. The highest BCUT2D eigenvalue weighted by atomic mass is 79.9. The molecule has 1 saturated heterocycles. The fourth-order valence-corrected chi connectivity index (χ4v) is 2.88. The van der Waals surface area contributed by atoms with Gasteiger partial charge in [-0.25, -0.2) is 4.98 Å². The SMILES string of the molecule is CCCNc1ncc(Br)c(NCC(C)N2CCCCC2)n1. The quantitative estimate of drug-likeness (QED) is 0.785. The Morgan fingerprint density at radius 3 is 2.76 bits per heavy atom. The molecule has 118 valence electrons. The third kappa shape index (κ3) is 5.11. The molecule has 2 heterocycles. The summed E-state index contributed by atoms with van der Waals surface area (Å²) in [5.41, 5.74) is 0. The van der Waals surface area contributed by atoms with Crippen LogP contribution in [-0.4, -0.2) is 47.1 Å². The number of nitrogens with zero attached hydrogens (tertiary/aromatic N) is 3. The van der Waals surface area contributed by atoms with Gasteiger partial charge in [0.25, 0.3) is 0 Å². The van der Waals surface area contributed by atoms with E-state index in [1.807, 2.05) is 0 Å². The van der Waals surface area contributed by atoms with Crippen molar-refractivity contribution in [1.82, 2.24) is 14.9 Å². The Morgan fingerprint density at radius 2 is 2.05 bits per heavy atom. The van der Waals surface area contributed by atoms with Gasteiger partial charge in [0.2, 0.25) is 5.95 Å². The fourth-order valence-electron chi connectivity index (χ4n) is 2.55. The lowest BCUT2D eigenvalue weighted by molar-refractivity contribution is 0.180. The molecule has 1 aromatic rings. The monoisotopic (exact) mass is 355 g/mol. The van der Waals surface area contributed by atoms with Crippen molar-refractivity contribution in [2.75, 3.05) is 36.8 Å². The molecule has 0 saturated carbocycles. The van der Waals surface area contributed by atoms with E-state index in [2.05, 4.69) is 55.3 Å². The zero-order valence-corrected chi connectivity index (χ0v) is 14.6. The smallest absolute Gasteiger partial charge is 0.224 e. The average molecular weight is 356 g/mol. The second kappa shape index (κ2) is 8.54. The summed E-state index contributed by atoms with van der Waals surface area (Å²) in [6, 6.07) is 0.527. The summed E-state index contributed by atoms with van der Waals surface area (Å²) >= 11 is 3.52. The molecule has 1 aliphatic heterocycles. The van der Waals surface area contributed by atoms with Crippen molar-refractivity contribution >= 4 is 27.7 Å². The molecule has 2 rings (SSSR count). The van der Waals surface area contributed by atoms with Gasteiger partial charge < -0.3 is 10.6 Å². The molecule has 21 heavy (non-hydrogen) atoms. The predicted octanol–water partition coefficient (Wildman–Crippen LogP) is 3.35.